The molecule has 4 heteroatoms. The van der Waals surface area contributed by atoms with Crippen molar-refractivity contribution >= 4 is 6.29 Å². The minimum absolute atomic E-state index is 0.288. The van der Waals surface area contributed by atoms with Crippen LogP contribution in [0.4, 0.5) is 0 Å². The van der Waals surface area contributed by atoms with Crippen LogP contribution in [-0.4, -0.2) is 34.7 Å². The summed E-state index contributed by atoms with van der Waals surface area (Å²) in [5.41, 5.74) is 4.43. The predicted octanol–water partition coefficient (Wildman–Crippen LogP) is -0.574. The van der Waals surface area contributed by atoms with Crippen LogP contribution in [0.5, 0.6) is 0 Å². The molecule has 13 heavy (non-hydrogen) atoms. The summed E-state index contributed by atoms with van der Waals surface area (Å²) in [5.74, 6) is -0.288. The number of carbonyl (C=O) groups is 1. The highest BCUT2D eigenvalue weighted by Crippen LogP contribution is 2.30. The highest BCUT2D eigenvalue weighted by atomic mass is 16.3. The fraction of sp³-hybridized carbons (Fsp3) is 0.889. The summed E-state index contributed by atoms with van der Waals surface area (Å²) >= 11 is 0. The number of hydrogen-bond donors (Lipinski definition) is 3. The third kappa shape index (κ3) is 2.07. The molecule has 0 bridgehead atoms. The smallest absolute Gasteiger partial charge is 0.142 e. The number of hydrogen-bond acceptors (Lipinski definition) is 4. The van der Waals surface area contributed by atoms with Crippen molar-refractivity contribution in [3.05, 3.63) is 0 Å². The molecule has 0 aromatic heterocycles. The average molecular weight is 187 g/mol. The van der Waals surface area contributed by atoms with Gasteiger partial charge < -0.3 is 20.7 Å². The Balaban J connectivity index is 2.71. The monoisotopic (exact) mass is 187 g/mol. The van der Waals surface area contributed by atoms with E-state index in [9.17, 15) is 9.90 Å². The van der Waals surface area contributed by atoms with Crippen molar-refractivity contribution in [2.45, 2.75) is 37.3 Å². The lowest BCUT2D eigenvalue weighted by Crippen LogP contribution is -2.56. The Kier molecular flexibility index (Phi) is 3.41. The van der Waals surface area contributed by atoms with Gasteiger partial charge in [-0.2, -0.15) is 0 Å². The minimum Gasteiger partial charge on any atom is -0.394 e. The van der Waals surface area contributed by atoms with Gasteiger partial charge in [0.1, 0.15) is 11.8 Å². The number of rotatable bonds is 3. The van der Waals surface area contributed by atoms with Gasteiger partial charge in [-0.25, -0.2) is 0 Å². The van der Waals surface area contributed by atoms with Crippen LogP contribution in [0.15, 0.2) is 0 Å². The maximum absolute atomic E-state index is 10.7. The van der Waals surface area contributed by atoms with Crippen molar-refractivity contribution in [2.24, 2.45) is 11.7 Å². The third-order valence-corrected chi connectivity index (χ3v) is 2.91. The maximum atomic E-state index is 10.7. The van der Waals surface area contributed by atoms with Crippen molar-refractivity contribution in [1.82, 2.24) is 0 Å². The lowest BCUT2D eigenvalue weighted by atomic mass is 9.74. The van der Waals surface area contributed by atoms with Crippen LogP contribution < -0.4 is 5.73 Å². The van der Waals surface area contributed by atoms with E-state index in [2.05, 4.69) is 0 Å². The number of aliphatic hydroxyl groups excluding tert-OH is 2. The van der Waals surface area contributed by atoms with Gasteiger partial charge in [-0.1, -0.05) is 12.8 Å². The van der Waals surface area contributed by atoms with Gasteiger partial charge in [0.15, 0.2) is 0 Å². The summed E-state index contributed by atoms with van der Waals surface area (Å²) in [6.45, 7) is -0.391. The summed E-state index contributed by atoms with van der Waals surface area (Å²) in [4.78, 5) is 10.7. The maximum Gasteiger partial charge on any atom is 0.142 e. The zero-order valence-electron chi connectivity index (χ0n) is 7.65. The zero-order chi connectivity index (χ0) is 9.90. The predicted molar refractivity (Wildman–Crippen MR) is 48.0 cm³/mol. The van der Waals surface area contributed by atoms with E-state index >= 15 is 0 Å². The number of carbonyl (C=O) groups excluding carboxylic acids is 1. The highest BCUT2D eigenvalue weighted by molar-refractivity contribution is 5.64. The molecule has 0 saturated heterocycles. The van der Waals surface area contributed by atoms with Crippen LogP contribution in [-0.2, 0) is 4.79 Å². The van der Waals surface area contributed by atoms with Crippen molar-refractivity contribution in [3.8, 4) is 0 Å². The molecule has 1 aliphatic rings. The Bertz CT molecular complexity index is 186. The molecule has 0 amide bonds. The van der Waals surface area contributed by atoms with E-state index in [1.807, 2.05) is 0 Å². The fourth-order valence-electron chi connectivity index (χ4n) is 1.98. The zero-order valence-corrected chi connectivity index (χ0v) is 7.65. The van der Waals surface area contributed by atoms with E-state index in [0.717, 1.165) is 19.3 Å². The second kappa shape index (κ2) is 4.17. The van der Waals surface area contributed by atoms with Gasteiger partial charge in [0.25, 0.3) is 0 Å². The van der Waals surface area contributed by atoms with Crippen LogP contribution in [0.3, 0.4) is 0 Å². The van der Waals surface area contributed by atoms with Crippen LogP contribution >= 0.6 is 0 Å². The first-order chi connectivity index (χ1) is 6.14. The molecule has 1 aliphatic carbocycles. The van der Waals surface area contributed by atoms with E-state index in [-0.39, 0.29) is 5.92 Å². The van der Waals surface area contributed by atoms with E-state index in [0.29, 0.717) is 12.7 Å². The van der Waals surface area contributed by atoms with Gasteiger partial charge in [0, 0.05) is 5.92 Å². The van der Waals surface area contributed by atoms with Crippen LogP contribution in [0, 0.1) is 5.92 Å². The Labute approximate surface area is 77.7 Å². The summed E-state index contributed by atoms with van der Waals surface area (Å²) in [6, 6.07) is 0. The van der Waals surface area contributed by atoms with Crippen molar-refractivity contribution in [3.63, 3.8) is 0 Å². The van der Waals surface area contributed by atoms with Crippen molar-refractivity contribution in [1.29, 1.82) is 0 Å². The molecule has 1 fully saturated rings. The van der Waals surface area contributed by atoms with Gasteiger partial charge in [-0.05, 0) is 12.8 Å². The molecule has 0 aliphatic heterocycles. The molecule has 0 radical (unpaired) electrons. The van der Waals surface area contributed by atoms with Gasteiger partial charge >= 0.3 is 0 Å². The van der Waals surface area contributed by atoms with Gasteiger partial charge in [-0.3, -0.25) is 0 Å². The lowest BCUT2D eigenvalue weighted by molar-refractivity contribution is -0.119. The largest absolute Gasteiger partial charge is 0.394 e. The quantitative estimate of drug-likeness (QED) is 0.516. The van der Waals surface area contributed by atoms with Crippen LogP contribution in [0.2, 0.25) is 0 Å². The number of aldehydes is 1. The molecule has 1 rings (SSSR count). The van der Waals surface area contributed by atoms with E-state index < -0.39 is 18.2 Å². The van der Waals surface area contributed by atoms with Crippen LogP contribution in [0.1, 0.15) is 25.7 Å². The first-order valence-electron chi connectivity index (χ1n) is 4.68. The molecule has 4 N–H and O–H groups in total. The third-order valence-electron chi connectivity index (χ3n) is 2.91. The molecule has 0 heterocycles. The topological polar surface area (TPSA) is 83.6 Å². The standard InChI is InChI=1S/C9H17NO3/c10-9(5-11,6-12)7-3-1-2-4-8(7)13/h5,7-8,12-13H,1-4,6,10H2/t7?,8?,9-/m1/s1. The lowest BCUT2D eigenvalue weighted by Gasteiger charge is -2.37. The van der Waals surface area contributed by atoms with Gasteiger partial charge in [0.2, 0.25) is 0 Å². The van der Waals surface area contributed by atoms with E-state index in [1.165, 1.54) is 0 Å². The minimum atomic E-state index is -1.25. The summed E-state index contributed by atoms with van der Waals surface area (Å²) in [7, 11) is 0. The van der Waals surface area contributed by atoms with Crippen molar-refractivity contribution < 1.29 is 15.0 Å². The molecule has 0 spiro atoms. The second-order valence-corrected chi connectivity index (χ2v) is 3.85. The van der Waals surface area contributed by atoms with E-state index in [1.54, 1.807) is 0 Å². The summed E-state index contributed by atoms with van der Waals surface area (Å²) < 4.78 is 0. The number of aliphatic hydroxyl groups is 2. The first kappa shape index (κ1) is 10.6. The Morgan fingerprint density at radius 1 is 1.46 bits per heavy atom. The second-order valence-electron chi connectivity index (χ2n) is 3.85. The highest BCUT2D eigenvalue weighted by Gasteiger charge is 2.39. The van der Waals surface area contributed by atoms with Gasteiger partial charge in [0.05, 0.1) is 12.7 Å². The molecule has 0 aromatic carbocycles. The molecule has 4 nitrogen and oxygen atoms in total. The van der Waals surface area contributed by atoms with Crippen LogP contribution in [0.25, 0.3) is 0 Å². The Hall–Kier alpha value is -0.450. The summed E-state index contributed by atoms with van der Waals surface area (Å²) in [6.07, 6.45) is 3.35. The molecule has 1 saturated carbocycles. The first-order valence-corrected chi connectivity index (χ1v) is 4.68. The van der Waals surface area contributed by atoms with Crippen molar-refractivity contribution in [2.75, 3.05) is 6.61 Å². The van der Waals surface area contributed by atoms with E-state index in [4.69, 9.17) is 10.8 Å². The fourth-order valence-corrected chi connectivity index (χ4v) is 1.98. The SMILES string of the molecule is N[C@](C=O)(CO)C1CCCCC1O. The molecular weight excluding hydrogens is 170 g/mol. The molecule has 2 unspecified atom stereocenters. The molecular formula is C9H17NO3. The molecule has 3 atom stereocenters. The Morgan fingerprint density at radius 2 is 2.08 bits per heavy atom. The molecule has 76 valence electrons. The average Bonchev–Trinajstić information content (AvgIpc) is 2.17. The summed E-state index contributed by atoms with van der Waals surface area (Å²) in [5, 5.41) is 18.6. The number of nitrogens with two attached hydrogens (primary N) is 1. The molecule has 0 aromatic rings. The van der Waals surface area contributed by atoms with Gasteiger partial charge in [-0.15, -0.1) is 0 Å². The Morgan fingerprint density at radius 3 is 2.54 bits per heavy atom. The normalized spacial score (nSPS) is 33.8.